The quantitative estimate of drug-likeness (QED) is 0.0736. The van der Waals surface area contributed by atoms with Gasteiger partial charge in [0.1, 0.15) is 0 Å². The molecule has 1 aromatic carbocycles. The molecule has 0 bridgehead atoms. The van der Waals surface area contributed by atoms with E-state index in [1.807, 2.05) is 30.3 Å². The average Bonchev–Trinajstić information content (AvgIpc) is 3.07. The van der Waals surface area contributed by atoms with Gasteiger partial charge < -0.3 is 61.3 Å². The van der Waals surface area contributed by atoms with Crippen molar-refractivity contribution in [3.8, 4) is 0 Å². The predicted molar refractivity (Wildman–Crippen MR) is 184 cm³/mol. The molecule has 0 saturated heterocycles. The Bertz CT molecular complexity index is 758. The van der Waals surface area contributed by atoms with Crippen molar-refractivity contribution in [3.63, 3.8) is 0 Å². The molecule has 0 aliphatic carbocycles. The Hall–Kier alpha value is -1.08. The van der Waals surface area contributed by atoms with Crippen LogP contribution in [0, 0.1) is 0 Å². The number of ether oxygens (including phenoxy) is 12. The smallest absolute Gasteiger partial charge is 0.183 e. The lowest BCUT2D eigenvalue weighted by molar-refractivity contribution is -0.0287. The van der Waals surface area contributed by atoms with Crippen LogP contribution < -0.4 is 0 Å². The third kappa shape index (κ3) is 36.2. The zero-order valence-electron chi connectivity index (χ0n) is 29.9. The fourth-order valence-electron chi connectivity index (χ4n) is 3.59. The summed E-state index contributed by atoms with van der Waals surface area (Å²) in [6.45, 7) is 19.9. The first-order chi connectivity index (χ1) is 23.6. The first-order valence-electron chi connectivity index (χ1n) is 17.2. The highest BCUT2D eigenvalue weighted by Gasteiger charge is 2.13. The average molecular weight is 709 g/mol. The van der Waals surface area contributed by atoms with Crippen molar-refractivity contribution in [2.24, 2.45) is 0 Å². The molecule has 0 radical (unpaired) electrons. The highest BCUT2D eigenvalue weighted by molar-refractivity contribution is 6.69. The molecule has 14 heteroatoms. The monoisotopic (exact) mass is 708 g/mol. The second-order valence-electron chi connectivity index (χ2n) is 11.2. The predicted octanol–water partition coefficient (Wildman–Crippen LogP) is 3.24. The lowest BCUT2D eigenvalue weighted by Crippen LogP contribution is -2.27. The summed E-state index contributed by atoms with van der Waals surface area (Å²) in [4.78, 5) is 0. The number of hydrogen-bond acceptors (Lipinski definition) is 13. The summed E-state index contributed by atoms with van der Waals surface area (Å²) >= 11 is 0. The number of rotatable bonds is 39. The minimum atomic E-state index is -1.45. The molecule has 0 aromatic heterocycles. The Kier molecular flexibility index (Phi) is 33.5. The van der Waals surface area contributed by atoms with E-state index < -0.39 is 8.32 Å². The summed E-state index contributed by atoms with van der Waals surface area (Å²) in [6, 6.07) is 10.1. The molecule has 0 unspecified atom stereocenters. The molecule has 0 aliphatic heterocycles. The Labute approximate surface area is 290 Å². The molecule has 0 saturated carbocycles. The lowest BCUT2D eigenvalue weighted by atomic mass is 10.2. The normalized spacial score (nSPS) is 11.9. The molecule has 0 fully saturated rings. The van der Waals surface area contributed by atoms with Gasteiger partial charge in [0, 0.05) is 0 Å². The summed E-state index contributed by atoms with van der Waals surface area (Å²) in [5.41, 5.74) is 1.16. The van der Waals surface area contributed by atoms with Gasteiger partial charge in [-0.15, -0.1) is 0 Å². The molecule has 13 nitrogen and oxygen atoms in total. The first-order valence-corrected chi connectivity index (χ1v) is 20.6. The van der Waals surface area contributed by atoms with Crippen LogP contribution in [0.25, 0.3) is 0 Å². The second-order valence-corrected chi connectivity index (χ2v) is 15.7. The fourth-order valence-corrected chi connectivity index (χ4v) is 4.29. The first kappa shape index (κ1) is 44.9. The zero-order chi connectivity index (χ0) is 34.5. The van der Waals surface area contributed by atoms with Crippen LogP contribution in [0.3, 0.4) is 0 Å². The highest BCUT2D eigenvalue weighted by Crippen LogP contribution is 2.01. The van der Waals surface area contributed by atoms with Crippen LogP contribution >= 0.6 is 0 Å². The van der Waals surface area contributed by atoms with Crippen LogP contribution in [-0.2, 0) is 67.9 Å². The van der Waals surface area contributed by atoms with Crippen LogP contribution in [0.5, 0.6) is 0 Å². The minimum absolute atomic E-state index is 0.512. The molecule has 282 valence electrons. The Morgan fingerprint density at radius 1 is 0.312 bits per heavy atom. The molecule has 48 heavy (non-hydrogen) atoms. The molecule has 0 spiro atoms. The Balaban J connectivity index is 1.61. The van der Waals surface area contributed by atoms with Crippen molar-refractivity contribution in [2.45, 2.75) is 26.2 Å². The standard InChI is InChI=1S/C34H64O13Si/c1-48(2,3)47-32-31-45-28-27-43-24-23-41-20-19-39-16-15-37-12-11-35-9-10-36-13-14-38-17-18-40-21-22-42-25-26-44-29-30-46-33-34-7-5-4-6-8-34/h4-8H,9-33H2,1-3H3. The van der Waals surface area contributed by atoms with Gasteiger partial charge in [0.15, 0.2) is 8.32 Å². The molecular weight excluding hydrogens is 644 g/mol. The number of hydrogen-bond donors (Lipinski definition) is 0. The van der Waals surface area contributed by atoms with E-state index in [-0.39, 0.29) is 0 Å². The third-order valence-corrected chi connectivity index (χ3v) is 7.04. The van der Waals surface area contributed by atoms with Crippen LogP contribution in [0.2, 0.25) is 19.6 Å². The molecule has 1 rings (SSSR count). The number of benzene rings is 1. The van der Waals surface area contributed by atoms with E-state index in [0.29, 0.717) is 165 Å². The summed E-state index contributed by atoms with van der Waals surface area (Å²) in [5, 5.41) is 0. The van der Waals surface area contributed by atoms with Crippen molar-refractivity contribution < 1.29 is 61.3 Å². The molecule has 0 aliphatic rings. The van der Waals surface area contributed by atoms with Crippen molar-refractivity contribution in [1.29, 1.82) is 0 Å². The van der Waals surface area contributed by atoms with Crippen LogP contribution in [0.15, 0.2) is 30.3 Å². The summed E-state index contributed by atoms with van der Waals surface area (Å²) in [5.74, 6) is 0. The van der Waals surface area contributed by atoms with E-state index in [1.54, 1.807) is 0 Å². The minimum Gasteiger partial charge on any atom is -0.415 e. The van der Waals surface area contributed by atoms with E-state index in [9.17, 15) is 0 Å². The maximum Gasteiger partial charge on any atom is 0.183 e. The van der Waals surface area contributed by atoms with Gasteiger partial charge in [-0.2, -0.15) is 0 Å². The highest BCUT2D eigenvalue weighted by atomic mass is 28.4. The molecule has 0 N–H and O–H groups in total. The van der Waals surface area contributed by atoms with Crippen molar-refractivity contribution in [3.05, 3.63) is 35.9 Å². The molecule has 0 heterocycles. The third-order valence-electron chi connectivity index (χ3n) is 5.97. The van der Waals surface area contributed by atoms with Gasteiger partial charge in [-0.05, 0) is 25.2 Å². The van der Waals surface area contributed by atoms with Gasteiger partial charge in [-0.25, -0.2) is 0 Å². The SMILES string of the molecule is C[Si](C)(C)OCCOCCOCCOCCOCCOCCOCCOCCOCCOCCOCCOCCOCc1ccccc1. The van der Waals surface area contributed by atoms with E-state index >= 15 is 0 Å². The largest absolute Gasteiger partial charge is 0.415 e. The Morgan fingerprint density at radius 3 is 0.792 bits per heavy atom. The molecule has 0 amide bonds. The topological polar surface area (TPSA) is 120 Å². The van der Waals surface area contributed by atoms with Gasteiger partial charge in [0.25, 0.3) is 0 Å². The summed E-state index contributed by atoms with van der Waals surface area (Å²) < 4.78 is 71.6. The fraction of sp³-hybridized carbons (Fsp3) is 0.824. The van der Waals surface area contributed by atoms with Crippen LogP contribution in [0.1, 0.15) is 5.56 Å². The van der Waals surface area contributed by atoms with Crippen molar-refractivity contribution >= 4 is 8.32 Å². The lowest BCUT2D eigenvalue weighted by Gasteiger charge is -2.16. The van der Waals surface area contributed by atoms with Crippen LogP contribution in [0.4, 0.5) is 0 Å². The second kappa shape index (κ2) is 35.7. The molecular formula is C34H64O13Si. The Morgan fingerprint density at radius 2 is 0.542 bits per heavy atom. The maximum absolute atomic E-state index is 5.72. The summed E-state index contributed by atoms with van der Waals surface area (Å²) in [6.07, 6.45) is 0. The van der Waals surface area contributed by atoms with Gasteiger partial charge in [-0.1, -0.05) is 30.3 Å². The van der Waals surface area contributed by atoms with Crippen molar-refractivity contribution in [2.75, 3.05) is 159 Å². The molecule has 0 atom stereocenters. The van der Waals surface area contributed by atoms with Gasteiger partial charge in [-0.3, -0.25) is 0 Å². The van der Waals surface area contributed by atoms with Gasteiger partial charge >= 0.3 is 0 Å². The van der Waals surface area contributed by atoms with E-state index in [1.165, 1.54) is 0 Å². The van der Waals surface area contributed by atoms with E-state index in [4.69, 9.17) is 61.3 Å². The van der Waals surface area contributed by atoms with Gasteiger partial charge in [0.05, 0.1) is 165 Å². The van der Waals surface area contributed by atoms with E-state index in [2.05, 4.69) is 19.6 Å². The van der Waals surface area contributed by atoms with Crippen molar-refractivity contribution in [1.82, 2.24) is 0 Å². The van der Waals surface area contributed by atoms with E-state index in [0.717, 1.165) is 5.56 Å². The zero-order valence-corrected chi connectivity index (χ0v) is 30.9. The van der Waals surface area contributed by atoms with Crippen LogP contribution in [-0.4, -0.2) is 167 Å². The summed E-state index contributed by atoms with van der Waals surface area (Å²) in [7, 11) is -1.45. The molecule has 1 aromatic rings. The van der Waals surface area contributed by atoms with Gasteiger partial charge in [0.2, 0.25) is 0 Å². The maximum atomic E-state index is 5.72.